The van der Waals surface area contributed by atoms with E-state index in [1.807, 2.05) is 30.3 Å². The lowest BCUT2D eigenvalue weighted by molar-refractivity contribution is 0.425. The molecule has 0 heterocycles. The molecule has 0 fully saturated rings. The van der Waals surface area contributed by atoms with Crippen LogP contribution in [-0.2, 0) is 0 Å². The van der Waals surface area contributed by atoms with E-state index in [0.29, 0.717) is 32.5 Å². The number of hydrogen-bond acceptors (Lipinski definition) is 4. The average Bonchev–Trinajstić information content (AvgIpc) is 2.58. The minimum absolute atomic E-state index is 0.371. The molecule has 4 nitrogen and oxygen atoms in total. The third kappa shape index (κ3) is 2.12. The molecule has 0 aliphatic rings. The molecule has 0 aliphatic heterocycles. The van der Waals surface area contributed by atoms with Crippen molar-refractivity contribution in [3.8, 4) is 0 Å². The summed E-state index contributed by atoms with van der Waals surface area (Å²) in [6.07, 6.45) is 0. The van der Waals surface area contributed by atoms with Crippen LogP contribution in [-0.4, -0.2) is 34.3 Å². The Morgan fingerprint density at radius 2 is 1.04 bits per heavy atom. The summed E-state index contributed by atoms with van der Waals surface area (Å²) in [6, 6.07) is 18.4. The normalized spacial score (nSPS) is 11.3. The van der Waals surface area contributed by atoms with Crippen LogP contribution in [0.15, 0.2) is 60.7 Å². The van der Waals surface area contributed by atoms with E-state index in [9.17, 15) is 20.1 Å². The predicted octanol–water partition coefficient (Wildman–Crippen LogP) is 0.506. The summed E-state index contributed by atoms with van der Waals surface area (Å²) in [7, 11) is -3.34. The molecule has 0 aliphatic carbocycles. The van der Waals surface area contributed by atoms with E-state index in [4.69, 9.17) is 0 Å². The largest absolute Gasteiger partial charge is 0.489 e. The smallest absolute Gasteiger partial charge is 0.423 e. The van der Waals surface area contributed by atoms with Gasteiger partial charge in [0.1, 0.15) is 0 Å². The SMILES string of the molecule is OB(O)c1c2ccccc2c(B(O)O)c2c1ccc1ccccc12. The molecule has 0 saturated carbocycles. The van der Waals surface area contributed by atoms with Crippen molar-refractivity contribution in [2.75, 3.05) is 0 Å². The second-order valence-corrected chi connectivity index (χ2v) is 5.83. The van der Waals surface area contributed by atoms with Crippen LogP contribution >= 0.6 is 0 Å². The summed E-state index contributed by atoms with van der Waals surface area (Å²) in [5.41, 5.74) is 0.748. The zero-order valence-corrected chi connectivity index (χ0v) is 12.7. The van der Waals surface area contributed by atoms with Gasteiger partial charge in [-0.15, -0.1) is 0 Å². The van der Waals surface area contributed by atoms with Crippen molar-refractivity contribution in [2.24, 2.45) is 0 Å². The molecular formula is C18H14B2O4. The first kappa shape index (κ1) is 15.2. The van der Waals surface area contributed by atoms with Gasteiger partial charge in [0.2, 0.25) is 0 Å². The highest BCUT2D eigenvalue weighted by molar-refractivity contribution is 6.72. The first-order valence-electron chi connectivity index (χ1n) is 7.68. The lowest BCUT2D eigenvalue weighted by Crippen LogP contribution is -2.38. The molecule has 0 spiro atoms. The van der Waals surface area contributed by atoms with E-state index in [0.717, 1.165) is 10.8 Å². The molecule has 4 aromatic rings. The Hall–Kier alpha value is -2.37. The topological polar surface area (TPSA) is 80.9 Å². The summed E-state index contributed by atoms with van der Waals surface area (Å²) in [5.74, 6) is 0. The van der Waals surface area contributed by atoms with Gasteiger partial charge in [0.25, 0.3) is 0 Å². The molecule has 4 aromatic carbocycles. The number of fused-ring (bicyclic) bond motifs is 4. The van der Waals surface area contributed by atoms with Gasteiger partial charge in [-0.2, -0.15) is 0 Å². The Morgan fingerprint density at radius 1 is 0.500 bits per heavy atom. The maximum Gasteiger partial charge on any atom is 0.489 e. The Morgan fingerprint density at radius 3 is 1.67 bits per heavy atom. The molecule has 0 unspecified atom stereocenters. The highest BCUT2D eigenvalue weighted by Crippen LogP contribution is 2.27. The summed E-state index contributed by atoms with van der Waals surface area (Å²) in [6.45, 7) is 0. The van der Waals surface area contributed by atoms with E-state index < -0.39 is 14.2 Å². The zero-order chi connectivity index (χ0) is 16.8. The summed E-state index contributed by atoms with van der Waals surface area (Å²) in [4.78, 5) is 0. The van der Waals surface area contributed by atoms with Crippen molar-refractivity contribution >= 4 is 57.5 Å². The van der Waals surface area contributed by atoms with Crippen LogP contribution in [0.3, 0.4) is 0 Å². The van der Waals surface area contributed by atoms with E-state index in [1.54, 1.807) is 30.3 Å². The van der Waals surface area contributed by atoms with Crippen molar-refractivity contribution in [2.45, 2.75) is 0 Å². The summed E-state index contributed by atoms with van der Waals surface area (Å²) < 4.78 is 0. The molecule has 0 saturated heterocycles. The van der Waals surface area contributed by atoms with Gasteiger partial charge in [0, 0.05) is 0 Å². The van der Waals surface area contributed by atoms with Crippen LogP contribution in [0.2, 0.25) is 0 Å². The minimum Gasteiger partial charge on any atom is -0.423 e. The highest BCUT2D eigenvalue weighted by Gasteiger charge is 2.26. The molecule has 4 rings (SSSR count). The molecule has 24 heavy (non-hydrogen) atoms. The third-order valence-electron chi connectivity index (χ3n) is 4.51. The van der Waals surface area contributed by atoms with Crippen LogP contribution in [0.4, 0.5) is 0 Å². The van der Waals surface area contributed by atoms with Gasteiger partial charge in [-0.25, -0.2) is 0 Å². The van der Waals surface area contributed by atoms with Gasteiger partial charge in [-0.05, 0) is 43.2 Å². The van der Waals surface area contributed by atoms with Crippen LogP contribution in [0.5, 0.6) is 0 Å². The summed E-state index contributed by atoms with van der Waals surface area (Å²) in [5, 5.41) is 44.2. The monoisotopic (exact) mass is 316 g/mol. The Labute approximate surface area is 138 Å². The van der Waals surface area contributed by atoms with Crippen LogP contribution in [0, 0.1) is 0 Å². The average molecular weight is 316 g/mol. The molecule has 6 heteroatoms. The standard InChI is InChI=1S/C18H14B2O4/c21-19(22)17-13-7-3-4-8-14(13)18(20(23)24)16-12-6-2-1-5-11(12)9-10-15(16)17/h1-10,21-24H. The van der Waals surface area contributed by atoms with Crippen LogP contribution in [0.1, 0.15) is 0 Å². The number of benzene rings is 4. The fraction of sp³-hybridized carbons (Fsp3) is 0. The third-order valence-corrected chi connectivity index (χ3v) is 4.51. The van der Waals surface area contributed by atoms with Crippen LogP contribution in [0.25, 0.3) is 32.3 Å². The fourth-order valence-corrected chi connectivity index (χ4v) is 3.57. The first-order chi connectivity index (χ1) is 11.6. The second kappa shape index (κ2) is 5.61. The molecule has 116 valence electrons. The van der Waals surface area contributed by atoms with Crippen molar-refractivity contribution in [3.05, 3.63) is 60.7 Å². The summed E-state index contributed by atoms with van der Waals surface area (Å²) >= 11 is 0. The molecule has 0 bridgehead atoms. The number of hydrogen-bond donors (Lipinski definition) is 4. The maximum atomic E-state index is 10.0. The van der Waals surface area contributed by atoms with Gasteiger partial charge in [0.05, 0.1) is 0 Å². The van der Waals surface area contributed by atoms with Gasteiger partial charge in [0.15, 0.2) is 0 Å². The highest BCUT2D eigenvalue weighted by atomic mass is 16.4. The Kier molecular flexibility index (Phi) is 3.55. The molecule has 0 radical (unpaired) electrons. The van der Waals surface area contributed by atoms with E-state index in [-0.39, 0.29) is 0 Å². The molecular weight excluding hydrogens is 302 g/mol. The van der Waals surface area contributed by atoms with E-state index in [1.165, 1.54) is 0 Å². The minimum atomic E-state index is -1.67. The van der Waals surface area contributed by atoms with Crippen molar-refractivity contribution < 1.29 is 20.1 Å². The Balaban J connectivity index is 2.38. The Bertz CT molecular complexity index is 1080. The predicted molar refractivity (Wildman–Crippen MR) is 98.6 cm³/mol. The number of rotatable bonds is 2. The van der Waals surface area contributed by atoms with Gasteiger partial charge >= 0.3 is 14.2 Å². The lowest BCUT2D eigenvalue weighted by atomic mass is 9.66. The maximum absolute atomic E-state index is 10.0. The van der Waals surface area contributed by atoms with E-state index in [2.05, 4.69) is 0 Å². The van der Waals surface area contributed by atoms with Crippen molar-refractivity contribution in [1.82, 2.24) is 0 Å². The first-order valence-corrected chi connectivity index (χ1v) is 7.68. The van der Waals surface area contributed by atoms with E-state index >= 15 is 0 Å². The molecule has 4 N–H and O–H groups in total. The molecule has 0 atom stereocenters. The lowest BCUT2D eigenvalue weighted by Gasteiger charge is -2.18. The van der Waals surface area contributed by atoms with Crippen molar-refractivity contribution in [3.63, 3.8) is 0 Å². The quantitative estimate of drug-likeness (QED) is 0.247. The van der Waals surface area contributed by atoms with Crippen LogP contribution < -0.4 is 10.9 Å². The molecule has 0 aromatic heterocycles. The van der Waals surface area contributed by atoms with Gasteiger partial charge < -0.3 is 20.1 Å². The van der Waals surface area contributed by atoms with Crippen molar-refractivity contribution in [1.29, 1.82) is 0 Å². The fourth-order valence-electron chi connectivity index (χ4n) is 3.57. The molecule has 0 amide bonds. The zero-order valence-electron chi connectivity index (χ0n) is 12.7. The van der Waals surface area contributed by atoms with Gasteiger partial charge in [-0.1, -0.05) is 60.7 Å². The van der Waals surface area contributed by atoms with Gasteiger partial charge in [-0.3, -0.25) is 0 Å². The second-order valence-electron chi connectivity index (χ2n) is 5.83.